The Hall–Kier alpha value is -3.72. The number of morpholine rings is 1. The average molecular weight is 432 g/mol. The number of carbonyl (C=O) groups excluding carboxylic acids is 1. The van der Waals surface area contributed by atoms with Gasteiger partial charge in [0.1, 0.15) is 0 Å². The molecule has 1 aromatic carbocycles. The number of hydrogen-bond donors (Lipinski definition) is 2. The van der Waals surface area contributed by atoms with Crippen LogP contribution in [0.25, 0.3) is 28.2 Å². The second-order valence-corrected chi connectivity index (χ2v) is 7.67. The Morgan fingerprint density at radius 3 is 2.69 bits per heavy atom. The molecule has 1 saturated heterocycles. The fourth-order valence-corrected chi connectivity index (χ4v) is 4.03. The summed E-state index contributed by atoms with van der Waals surface area (Å²) in [5, 5.41) is 0. The summed E-state index contributed by atoms with van der Waals surface area (Å²) in [5.41, 5.74) is 10.4. The molecule has 0 amide bonds. The minimum Gasteiger partial charge on any atom is -0.378 e. The van der Waals surface area contributed by atoms with E-state index in [0.717, 1.165) is 35.7 Å². The fourth-order valence-electron chi connectivity index (χ4n) is 4.03. The number of allylic oxidation sites excluding steroid dienone is 2. The van der Waals surface area contributed by atoms with Crippen LogP contribution in [0.5, 0.6) is 0 Å². The van der Waals surface area contributed by atoms with Gasteiger partial charge in [-0.1, -0.05) is 18.2 Å². The molecule has 2 aliphatic heterocycles. The molecule has 9 nitrogen and oxygen atoms in total. The van der Waals surface area contributed by atoms with Crippen LogP contribution in [-0.4, -0.2) is 51.6 Å². The van der Waals surface area contributed by atoms with Gasteiger partial charge >= 0.3 is 0 Å². The summed E-state index contributed by atoms with van der Waals surface area (Å²) in [7, 11) is 0. The normalized spacial score (nSPS) is 15.9. The lowest BCUT2D eigenvalue weighted by Crippen LogP contribution is -2.37. The van der Waals surface area contributed by atoms with Crippen LogP contribution in [0.1, 0.15) is 30.0 Å². The molecule has 2 aromatic heterocycles. The predicted octanol–water partition coefficient (Wildman–Crippen LogP) is 2.51. The highest BCUT2D eigenvalue weighted by Crippen LogP contribution is 2.30. The third-order valence-corrected chi connectivity index (χ3v) is 5.60. The van der Waals surface area contributed by atoms with Crippen LogP contribution in [0, 0.1) is 0 Å². The number of ether oxygens (including phenoxy) is 1. The van der Waals surface area contributed by atoms with Gasteiger partial charge in [0.15, 0.2) is 34.4 Å². The summed E-state index contributed by atoms with van der Waals surface area (Å²) >= 11 is 0. The molecular weight excluding hydrogens is 406 g/mol. The number of Topliss-reactive ketones (excluding diaryl/α,β-unsaturated/α-hetero) is 1. The molecular formula is C23H25N7O2. The predicted molar refractivity (Wildman–Crippen MR) is 123 cm³/mol. The highest BCUT2D eigenvalue weighted by atomic mass is 16.5. The molecule has 1 fully saturated rings. The molecule has 0 spiro atoms. The Morgan fingerprint density at radius 1 is 1.16 bits per heavy atom. The maximum absolute atomic E-state index is 12.3. The number of hydrogen-bond acceptors (Lipinski definition) is 8. The summed E-state index contributed by atoms with van der Waals surface area (Å²) in [6.07, 6.45) is 5.78. The van der Waals surface area contributed by atoms with Crippen molar-refractivity contribution in [1.29, 1.82) is 0 Å². The maximum atomic E-state index is 12.3. The van der Waals surface area contributed by atoms with Crippen LogP contribution < -0.4 is 15.8 Å². The Bertz CT molecular complexity index is 1240. The number of fused-ring (bicyclic) bond motifs is 1. The first-order valence-corrected chi connectivity index (χ1v) is 10.8. The topological polar surface area (TPSA) is 97.2 Å². The molecule has 32 heavy (non-hydrogen) atoms. The third-order valence-electron chi connectivity index (χ3n) is 5.60. The van der Waals surface area contributed by atoms with E-state index in [1.165, 1.54) is 6.92 Å². The molecule has 0 saturated carbocycles. The van der Waals surface area contributed by atoms with Gasteiger partial charge < -0.3 is 25.1 Å². The molecule has 2 N–H and O–H groups in total. The highest BCUT2D eigenvalue weighted by Gasteiger charge is 2.24. The SMILES string of the molecule is CCn1c(C(C)=O)nc2c(N3CCOCC3)nc(-c3cccc(C4=CC=CNN4)c3)nc21. The lowest BCUT2D eigenvalue weighted by molar-refractivity contribution is 0.1000. The number of nitrogens with zero attached hydrogens (tertiary/aromatic N) is 5. The molecule has 0 atom stereocenters. The van der Waals surface area contributed by atoms with E-state index in [-0.39, 0.29) is 5.78 Å². The van der Waals surface area contributed by atoms with Crippen molar-refractivity contribution in [3.8, 4) is 11.4 Å². The molecule has 164 valence electrons. The van der Waals surface area contributed by atoms with Gasteiger partial charge in [0.25, 0.3) is 0 Å². The van der Waals surface area contributed by atoms with Crippen LogP contribution in [0.3, 0.4) is 0 Å². The van der Waals surface area contributed by atoms with E-state index in [0.29, 0.717) is 42.6 Å². The third kappa shape index (κ3) is 3.60. The van der Waals surface area contributed by atoms with Gasteiger partial charge in [-0.3, -0.25) is 4.79 Å². The van der Waals surface area contributed by atoms with E-state index in [1.807, 2.05) is 48.0 Å². The molecule has 3 aromatic rings. The van der Waals surface area contributed by atoms with Crippen molar-refractivity contribution in [2.24, 2.45) is 0 Å². The van der Waals surface area contributed by atoms with Gasteiger partial charge in [-0.05, 0) is 25.1 Å². The van der Waals surface area contributed by atoms with Crippen LogP contribution in [0.2, 0.25) is 0 Å². The van der Waals surface area contributed by atoms with Gasteiger partial charge in [-0.2, -0.15) is 0 Å². The Labute approximate surface area is 185 Å². The summed E-state index contributed by atoms with van der Waals surface area (Å²) in [5.74, 6) is 1.67. The zero-order chi connectivity index (χ0) is 22.1. The van der Waals surface area contributed by atoms with Crippen molar-refractivity contribution in [3.05, 3.63) is 54.0 Å². The quantitative estimate of drug-likeness (QED) is 0.595. The number of anilines is 1. The van der Waals surface area contributed by atoms with E-state index in [2.05, 4.69) is 26.8 Å². The Morgan fingerprint density at radius 2 is 1.97 bits per heavy atom. The zero-order valence-corrected chi connectivity index (χ0v) is 18.1. The number of nitrogens with one attached hydrogen (secondary N) is 2. The second kappa shape index (κ2) is 8.43. The number of imidazole rings is 1. The minimum atomic E-state index is -0.0859. The molecule has 0 bridgehead atoms. The molecule has 5 rings (SSSR count). The number of ketones is 1. The van der Waals surface area contributed by atoms with Gasteiger partial charge in [0.2, 0.25) is 0 Å². The molecule has 0 aliphatic carbocycles. The maximum Gasteiger partial charge on any atom is 0.195 e. The van der Waals surface area contributed by atoms with Crippen molar-refractivity contribution in [3.63, 3.8) is 0 Å². The van der Waals surface area contributed by atoms with Crippen molar-refractivity contribution in [2.45, 2.75) is 20.4 Å². The van der Waals surface area contributed by atoms with Crippen LogP contribution in [0.4, 0.5) is 5.82 Å². The van der Waals surface area contributed by atoms with E-state index in [9.17, 15) is 4.79 Å². The standard InChI is InChI=1S/C23H25N7O2/c1-3-30-21(15(2)31)25-19-22(29-10-12-32-13-11-29)26-20(27-23(19)30)17-7-4-6-16(14-17)18-8-5-9-24-28-18/h4-9,14,24,28H,3,10-13H2,1-2H3. The van der Waals surface area contributed by atoms with Crippen molar-refractivity contribution in [1.82, 2.24) is 30.4 Å². The number of aromatic nitrogens is 4. The zero-order valence-electron chi connectivity index (χ0n) is 18.1. The fraction of sp³-hybridized carbons (Fsp3) is 0.304. The molecule has 2 aliphatic rings. The van der Waals surface area contributed by atoms with Gasteiger partial charge in [-0.15, -0.1) is 0 Å². The molecule has 4 heterocycles. The molecule has 0 radical (unpaired) electrons. The Kier molecular flexibility index (Phi) is 5.32. The van der Waals surface area contributed by atoms with E-state index in [1.54, 1.807) is 0 Å². The number of hydrazine groups is 1. The summed E-state index contributed by atoms with van der Waals surface area (Å²) in [6, 6.07) is 8.09. The Balaban J connectivity index is 1.69. The molecule has 0 unspecified atom stereocenters. The average Bonchev–Trinajstić information content (AvgIpc) is 3.23. The van der Waals surface area contributed by atoms with Crippen molar-refractivity contribution < 1.29 is 9.53 Å². The molecule has 9 heteroatoms. The van der Waals surface area contributed by atoms with Gasteiger partial charge in [0, 0.05) is 43.9 Å². The summed E-state index contributed by atoms with van der Waals surface area (Å²) < 4.78 is 7.40. The van der Waals surface area contributed by atoms with Crippen molar-refractivity contribution >= 4 is 28.5 Å². The van der Waals surface area contributed by atoms with E-state index >= 15 is 0 Å². The number of benzene rings is 1. The van der Waals surface area contributed by atoms with Crippen LogP contribution in [-0.2, 0) is 11.3 Å². The monoisotopic (exact) mass is 431 g/mol. The summed E-state index contributed by atoms with van der Waals surface area (Å²) in [4.78, 5) is 28.9. The lowest BCUT2D eigenvalue weighted by Gasteiger charge is -2.28. The smallest absolute Gasteiger partial charge is 0.195 e. The number of rotatable bonds is 5. The van der Waals surface area contributed by atoms with Crippen LogP contribution >= 0.6 is 0 Å². The first-order valence-electron chi connectivity index (χ1n) is 10.8. The van der Waals surface area contributed by atoms with E-state index in [4.69, 9.17) is 14.7 Å². The van der Waals surface area contributed by atoms with Crippen LogP contribution in [0.15, 0.2) is 42.6 Å². The minimum absolute atomic E-state index is 0.0859. The summed E-state index contributed by atoms with van der Waals surface area (Å²) in [6.45, 7) is 6.82. The van der Waals surface area contributed by atoms with Crippen molar-refractivity contribution in [2.75, 3.05) is 31.2 Å². The van der Waals surface area contributed by atoms with Gasteiger partial charge in [-0.25, -0.2) is 15.0 Å². The first-order chi connectivity index (χ1) is 15.7. The van der Waals surface area contributed by atoms with E-state index < -0.39 is 0 Å². The first kappa shape index (κ1) is 20.2. The lowest BCUT2D eigenvalue weighted by atomic mass is 10.1. The largest absolute Gasteiger partial charge is 0.378 e. The van der Waals surface area contributed by atoms with Gasteiger partial charge in [0.05, 0.1) is 18.9 Å². The number of carbonyl (C=O) groups is 1. The number of aryl methyl sites for hydroxylation is 1. The highest BCUT2D eigenvalue weighted by molar-refractivity contribution is 5.96. The second-order valence-electron chi connectivity index (χ2n) is 7.67.